The summed E-state index contributed by atoms with van der Waals surface area (Å²) in [6, 6.07) is 10.8. The molecule has 0 spiro atoms. The highest BCUT2D eigenvalue weighted by atomic mass is 16.5. The van der Waals surface area contributed by atoms with E-state index < -0.39 is 0 Å². The molecule has 25 heavy (non-hydrogen) atoms. The minimum atomic E-state index is -0.268. The van der Waals surface area contributed by atoms with E-state index in [0.29, 0.717) is 30.4 Å². The highest BCUT2D eigenvalue weighted by Gasteiger charge is 2.05. The second kappa shape index (κ2) is 8.82. The summed E-state index contributed by atoms with van der Waals surface area (Å²) in [5.74, 6) is 1.91. The third-order valence-corrected chi connectivity index (χ3v) is 3.75. The maximum atomic E-state index is 11.9. The van der Waals surface area contributed by atoms with Gasteiger partial charge in [0.2, 0.25) is 0 Å². The highest BCUT2D eigenvalue weighted by Crippen LogP contribution is 2.27. The van der Waals surface area contributed by atoms with Crippen molar-refractivity contribution in [3.05, 3.63) is 47.5 Å². The summed E-state index contributed by atoms with van der Waals surface area (Å²) in [6.45, 7) is 4.74. The van der Waals surface area contributed by atoms with Gasteiger partial charge < -0.3 is 24.8 Å². The normalized spacial score (nSPS) is 10.1. The van der Waals surface area contributed by atoms with Crippen molar-refractivity contribution < 1.29 is 19.0 Å². The molecule has 134 valence electrons. The molecule has 0 saturated heterocycles. The molecule has 6 nitrogen and oxygen atoms in total. The molecule has 2 aromatic carbocycles. The second-order valence-corrected chi connectivity index (χ2v) is 5.58. The Balaban J connectivity index is 1.78. The van der Waals surface area contributed by atoms with E-state index in [2.05, 4.69) is 10.6 Å². The van der Waals surface area contributed by atoms with Gasteiger partial charge in [-0.25, -0.2) is 4.79 Å². The molecule has 0 aliphatic heterocycles. The maximum absolute atomic E-state index is 11.9. The molecule has 2 N–H and O–H groups in total. The van der Waals surface area contributed by atoms with Crippen LogP contribution in [-0.2, 0) is 0 Å². The molecule has 2 amide bonds. The number of urea groups is 1. The number of rotatable bonds is 7. The number of nitrogens with one attached hydrogen (secondary N) is 2. The zero-order chi connectivity index (χ0) is 18.2. The SMILES string of the molecule is COc1cc(OC)cc(OCCNC(=O)Nc2ccc(C)c(C)c2)c1. The largest absolute Gasteiger partial charge is 0.496 e. The Morgan fingerprint density at radius 1 is 0.920 bits per heavy atom. The highest BCUT2D eigenvalue weighted by molar-refractivity contribution is 5.89. The number of amides is 2. The van der Waals surface area contributed by atoms with Gasteiger partial charge in [0.1, 0.15) is 23.9 Å². The first kappa shape index (κ1) is 18.4. The van der Waals surface area contributed by atoms with Crippen LogP contribution in [0.3, 0.4) is 0 Å². The molecule has 0 fully saturated rings. The molecule has 0 saturated carbocycles. The van der Waals surface area contributed by atoms with Gasteiger partial charge in [0.05, 0.1) is 20.8 Å². The van der Waals surface area contributed by atoms with Crippen molar-refractivity contribution in [3.8, 4) is 17.2 Å². The average Bonchev–Trinajstić information content (AvgIpc) is 2.61. The summed E-state index contributed by atoms with van der Waals surface area (Å²) in [5, 5.41) is 5.55. The van der Waals surface area contributed by atoms with Gasteiger partial charge in [-0.15, -0.1) is 0 Å². The topological polar surface area (TPSA) is 68.8 Å². The van der Waals surface area contributed by atoms with E-state index in [9.17, 15) is 4.79 Å². The smallest absolute Gasteiger partial charge is 0.319 e. The Morgan fingerprint density at radius 3 is 2.16 bits per heavy atom. The quantitative estimate of drug-likeness (QED) is 0.754. The number of anilines is 1. The standard InChI is InChI=1S/C19H24N2O4/c1-13-5-6-15(9-14(13)2)21-19(22)20-7-8-25-18-11-16(23-3)10-17(12-18)24-4/h5-6,9-12H,7-8H2,1-4H3,(H2,20,21,22). The number of hydrogen-bond donors (Lipinski definition) is 2. The van der Waals surface area contributed by atoms with E-state index in [4.69, 9.17) is 14.2 Å². The fraction of sp³-hybridized carbons (Fsp3) is 0.316. The molecule has 0 radical (unpaired) electrons. The third kappa shape index (κ3) is 5.60. The van der Waals surface area contributed by atoms with Crippen molar-refractivity contribution in [1.82, 2.24) is 5.32 Å². The average molecular weight is 344 g/mol. The molecule has 2 aromatic rings. The minimum absolute atomic E-state index is 0.268. The lowest BCUT2D eigenvalue weighted by atomic mass is 10.1. The van der Waals surface area contributed by atoms with E-state index >= 15 is 0 Å². The molecule has 0 aliphatic carbocycles. The summed E-state index contributed by atoms with van der Waals surface area (Å²) in [6.07, 6.45) is 0. The van der Waals surface area contributed by atoms with Gasteiger partial charge >= 0.3 is 6.03 Å². The van der Waals surface area contributed by atoms with E-state index in [-0.39, 0.29) is 6.03 Å². The van der Waals surface area contributed by atoms with Crippen LogP contribution in [0, 0.1) is 13.8 Å². The monoisotopic (exact) mass is 344 g/mol. The number of aryl methyl sites for hydroxylation is 2. The van der Waals surface area contributed by atoms with Crippen LogP contribution in [0.5, 0.6) is 17.2 Å². The summed E-state index contributed by atoms with van der Waals surface area (Å²) < 4.78 is 16.0. The molecule has 2 rings (SSSR count). The van der Waals surface area contributed by atoms with Gasteiger partial charge in [-0.2, -0.15) is 0 Å². The van der Waals surface area contributed by atoms with Gasteiger partial charge in [-0.05, 0) is 37.1 Å². The number of carbonyl (C=O) groups is 1. The summed E-state index contributed by atoms with van der Waals surface area (Å²) in [7, 11) is 3.16. The van der Waals surface area contributed by atoms with Crippen LogP contribution in [0.25, 0.3) is 0 Å². The van der Waals surface area contributed by atoms with Crippen molar-refractivity contribution in [2.24, 2.45) is 0 Å². The number of benzene rings is 2. The summed E-state index contributed by atoms with van der Waals surface area (Å²) >= 11 is 0. The Labute approximate surface area is 148 Å². The van der Waals surface area contributed by atoms with Crippen LogP contribution < -0.4 is 24.8 Å². The van der Waals surface area contributed by atoms with Gasteiger partial charge in [0, 0.05) is 23.9 Å². The molecule has 0 bridgehead atoms. The number of methoxy groups -OCH3 is 2. The van der Waals surface area contributed by atoms with Crippen LogP contribution in [-0.4, -0.2) is 33.4 Å². The lowest BCUT2D eigenvalue weighted by molar-refractivity contribution is 0.247. The molecule has 6 heteroatoms. The summed E-state index contributed by atoms with van der Waals surface area (Å²) in [4.78, 5) is 11.9. The van der Waals surface area contributed by atoms with E-state index in [1.807, 2.05) is 32.0 Å². The van der Waals surface area contributed by atoms with Crippen molar-refractivity contribution in [3.63, 3.8) is 0 Å². The Hall–Kier alpha value is -2.89. The molecular formula is C19H24N2O4. The fourth-order valence-electron chi connectivity index (χ4n) is 2.19. The lowest BCUT2D eigenvalue weighted by Crippen LogP contribution is -2.32. The van der Waals surface area contributed by atoms with Crippen molar-refractivity contribution in [2.45, 2.75) is 13.8 Å². The maximum Gasteiger partial charge on any atom is 0.319 e. The van der Waals surface area contributed by atoms with Crippen molar-refractivity contribution in [1.29, 1.82) is 0 Å². The molecule has 0 heterocycles. The minimum Gasteiger partial charge on any atom is -0.496 e. The van der Waals surface area contributed by atoms with Gasteiger partial charge in [-0.1, -0.05) is 6.07 Å². The Bertz CT molecular complexity index is 709. The number of ether oxygens (including phenoxy) is 3. The Morgan fingerprint density at radius 2 is 1.56 bits per heavy atom. The van der Waals surface area contributed by atoms with Crippen LogP contribution >= 0.6 is 0 Å². The first-order valence-corrected chi connectivity index (χ1v) is 8.00. The zero-order valence-electron chi connectivity index (χ0n) is 15.0. The van der Waals surface area contributed by atoms with Gasteiger partial charge in [0.25, 0.3) is 0 Å². The Kier molecular flexibility index (Phi) is 6.51. The molecule has 0 aliphatic rings. The van der Waals surface area contributed by atoms with E-state index in [1.165, 1.54) is 5.56 Å². The summed E-state index contributed by atoms with van der Waals surface area (Å²) in [5.41, 5.74) is 3.08. The second-order valence-electron chi connectivity index (χ2n) is 5.58. The van der Waals surface area contributed by atoms with E-state index in [0.717, 1.165) is 11.3 Å². The van der Waals surface area contributed by atoms with Crippen molar-refractivity contribution >= 4 is 11.7 Å². The fourth-order valence-corrected chi connectivity index (χ4v) is 2.19. The molecular weight excluding hydrogens is 320 g/mol. The van der Waals surface area contributed by atoms with Crippen LogP contribution in [0.1, 0.15) is 11.1 Å². The lowest BCUT2D eigenvalue weighted by Gasteiger charge is -2.12. The number of carbonyl (C=O) groups excluding carboxylic acids is 1. The molecule has 0 unspecified atom stereocenters. The van der Waals surface area contributed by atoms with Crippen LogP contribution in [0.15, 0.2) is 36.4 Å². The predicted molar refractivity (Wildman–Crippen MR) is 98.0 cm³/mol. The zero-order valence-corrected chi connectivity index (χ0v) is 15.0. The first-order chi connectivity index (χ1) is 12.0. The molecule has 0 aromatic heterocycles. The third-order valence-electron chi connectivity index (χ3n) is 3.75. The van der Waals surface area contributed by atoms with Crippen molar-refractivity contribution in [2.75, 3.05) is 32.7 Å². The molecule has 0 atom stereocenters. The predicted octanol–water partition coefficient (Wildman–Crippen LogP) is 3.52. The first-order valence-electron chi connectivity index (χ1n) is 8.00. The van der Waals surface area contributed by atoms with Crippen LogP contribution in [0.4, 0.5) is 10.5 Å². The van der Waals surface area contributed by atoms with Gasteiger partial charge in [-0.3, -0.25) is 0 Å². The number of hydrogen-bond acceptors (Lipinski definition) is 4. The van der Waals surface area contributed by atoms with Gasteiger partial charge in [0.15, 0.2) is 0 Å². The van der Waals surface area contributed by atoms with Crippen LogP contribution in [0.2, 0.25) is 0 Å². The van der Waals surface area contributed by atoms with E-state index in [1.54, 1.807) is 32.4 Å².